The molecular weight excluding hydrogens is 411 g/mol. The van der Waals surface area contributed by atoms with E-state index in [1.54, 1.807) is 12.1 Å². The van der Waals surface area contributed by atoms with Crippen molar-refractivity contribution in [2.24, 2.45) is 0 Å². The molecule has 2 aromatic rings. The molecular formula is C23H31NaO5S. The fourth-order valence-corrected chi connectivity index (χ4v) is 3.72. The number of rotatable bonds is 13. The molecule has 1 N–H and O–H groups in total. The largest absolute Gasteiger partial charge is 1.00 e. The van der Waals surface area contributed by atoms with Crippen LogP contribution in [0.5, 0.6) is 17.2 Å². The summed E-state index contributed by atoms with van der Waals surface area (Å²) in [6.07, 6.45) is 12.8. The van der Waals surface area contributed by atoms with Gasteiger partial charge in [-0.1, -0.05) is 76.2 Å². The van der Waals surface area contributed by atoms with Gasteiger partial charge < -0.3 is 9.84 Å². The van der Waals surface area contributed by atoms with Crippen LogP contribution in [0.3, 0.4) is 0 Å². The minimum Gasteiger partial charge on any atom is -0.870 e. The predicted octanol–water partition coefficient (Wildman–Crippen LogP) is 2.88. The zero-order chi connectivity index (χ0) is 21.1. The van der Waals surface area contributed by atoms with E-state index in [0.717, 1.165) is 25.0 Å². The Balaban J connectivity index is 0.00000450. The summed E-state index contributed by atoms with van der Waals surface area (Å²) in [7, 11) is -4.40. The average Bonchev–Trinajstić information content (AvgIpc) is 2.68. The molecule has 160 valence electrons. The summed E-state index contributed by atoms with van der Waals surface area (Å²) in [5.74, 6) is -0.0690. The van der Waals surface area contributed by atoms with Gasteiger partial charge in [0.25, 0.3) is 10.1 Å². The zero-order valence-corrected chi connectivity index (χ0v) is 20.9. The van der Waals surface area contributed by atoms with Gasteiger partial charge in [0.2, 0.25) is 0 Å². The second-order valence-corrected chi connectivity index (χ2v) is 8.83. The maximum atomic E-state index is 12.0. The van der Waals surface area contributed by atoms with Gasteiger partial charge in [0.15, 0.2) is 0 Å². The van der Waals surface area contributed by atoms with Crippen LogP contribution in [-0.4, -0.2) is 13.0 Å². The Kier molecular flexibility index (Phi) is 12.7. The number of ether oxygens (including phenoxy) is 1. The molecule has 2 aromatic carbocycles. The van der Waals surface area contributed by atoms with Crippen LogP contribution in [0.15, 0.2) is 47.4 Å². The predicted molar refractivity (Wildman–Crippen MR) is 113 cm³/mol. The number of hydrogen-bond donors (Lipinski definition) is 1. The topological polar surface area (TPSA) is 86.7 Å². The normalized spacial score (nSPS) is 11.1. The van der Waals surface area contributed by atoms with E-state index < -0.39 is 20.8 Å². The van der Waals surface area contributed by atoms with E-state index in [4.69, 9.17) is 9.29 Å². The van der Waals surface area contributed by atoms with Crippen molar-refractivity contribution in [3.8, 4) is 17.2 Å². The molecule has 7 heteroatoms. The number of unbranched alkanes of at least 4 members (excludes halogenated alkanes) is 8. The summed E-state index contributed by atoms with van der Waals surface area (Å²) < 4.78 is 36.7. The molecule has 0 saturated heterocycles. The van der Waals surface area contributed by atoms with E-state index in [9.17, 15) is 13.5 Å². The molecule has 0 aliphatic rings. The van der Waals surface area contributed by atoms with Crippen LogP contribution in [0.2, 0.25) is 0 Å². The summed E-state index contributed by atoms with van der Waals surface area (Å²) in [5.41, 5.74) is 1.23. The first-order chi connectivity index (χ1) is 13.9. The Morgan fingerprint density at radius 1 is 0.867 bits per heavy atom. The smallest absolute Gasteiger partial charge is 0.870 e. The molecule has 2 rings (SSSR count). The number of hydrogen-bond acceptors (Lipinski definition) is 4. The first-order valence-corrected chi connectivity index (χ1v) is 11.9. The molecule has 5 nitrogen and oxygen atoms in total. The minimum absolute atomic E-state index is 0. The van der Waals surface area contributed by atoms with Gasteiger partial charge >= 0.3 is 29.6 Å². The fraction of sp³-hybridized carbons (Fsp3) is 0.478. The second kappa shape index (κ2) is 14.1. The van der Waals surface area contributed by atoms with Crippen molar-refractivity contribution < 1.29 is 52.4 Å². The Bertz CT molecular complexity index is 850. The minimum atomic E-state index is -4.40. The van der Waals surface area contributed by atoms with E-state index in [1.807, 2.05) is 12.1 Å². The molecule has 0 bridgehead atoms. The van der Waals surface area contributed by atoms with Crippen LogP contribution in [-0.2, 0) is 16.5 Å². The molecule has 0 aliphatic heterocycles. The van der Waals surface area contributed by atoms with Gasteiger partial charge in [-0.25, -0.2) is 0 Å². The first-order valence-electron chi connectivity index (χ1n) is 10.5. The van der Waals surface area contributed by atoms with Gasteiger partial charge in [0.1, 0.15) is 11.5 Å². The van der Waals surface area contributed by atoms with Gasteiger partial charge in [0.05, 0.1) is 4.90 Å². The Labute approximate surface area is 202 Å². The summed E-state index contributed by atoms with van der Waals surface area (Å²) in [6, 6.07) is 10.8. The third-order valence-corrected chi connectivity index (χ3v) is 5.78. The van der Waals surface area contributed by atoms with E-state index in [2.05, 4.69) is 6.92 Å². The van der Waals surface area contributed by atoms with Gasteiger partial charge in [-0.3, -0.25) is 4.55 Å². The van der Waals surface area contributed by atoms with E-state index in [1.165, 1.54) is 63.0 Å². The SMILES string of the molecule is CCCCCCCCCCCc1ccc(Oc2ccc(S(=O)(=O)O)cc2[O-])cc1.[Na+]. The number of benzene rings is 2. The van der Waals surface area contributed by atoms with Crippen molar-refractivity contribution in [1.82, 2.24) is 0 Å². The van der Waals surface area contributed by atoms with Crippen LogP contribution >= 0.6 is 0 Å². The summed E-state index contributed by atoms with van der Waals surface area (Å²) >= 11 is 0. The van der Waals surface area contributed by atoms with E-state index >= 15 is 0 Å². The summed E-state index contributed by atoms with van der Waals surface area (Å²) in [4.78, 5) is -0.439. The van der Waals surface area contributed by atoms with Gasteiger partial charge in [-0.2, -0.15) is 8.42 Å². The summed E-state index contributed by atoms with van der Waals surface area (Å²) in [5, 5.41) is 12.0. The van der Waals surface area contributed by atoms with Crippen LogP contribution in [0.1, 0.15) is 70.3 Å². The Hall–Kier alpha value is -1.05. The molecule has 0 aliphatic carbocycles. The van der Waals surface area contributed by atoms with Crippen LogP contribution in [0.25, 0.3) is 0 Å². The molecule has 30 heavy (non-hydrogen) atoms. The van der Waals surface area contributed by atoms with E-state index in [-0.39, 0.29) is 35.3 Å². The monoisotopic (exact) mass is 442 g/mol. The zero-order valence-electron chi connectivity index (χ0n) is 18.1. The molecule has 0 amide bonds. The molecule has 0 aromatic heterocycles. The molecule has 0 fully saturated rings. The third-order valence-electron chi connectivity index (χ3n) is 4.93. The van der Waals surface area contributed by atoms with Gasteiger partial charge in [0, 0.05) is 0 Å². The molecule has 0 spiro atoms. The molecule has 0 atom stereocenters. The Morgan fingerprint density at radius 2 is 1.43 bits per heavy atom. The second-order valence-electron chi connectivity index (χ2n) is 7.41. The molecule has 0 saturated carbocycles. The standard InChI is InChI=1S/C23H32O5S.Na/c1-2-3-4-5-6-7-8-9-10-11-19-12-14-20(15-13-19)28-23-17-16-21(18-22(23)24)29(25,26)27;/h12-18,24H,2-11H2,1H3,(H,25,26,27);/q;+1/p-1. The van der Waals surface area contributed by atoms with Crippen molar-refractivity contribution in [1.29, 1.82) is 0 Å². The fourth-order valence-electron chi connectivity index (χ4n) is 3.22. The maximum absolute atomic E-state index is 12.0. The van der Waals surface area contributed by atoms with E-state index in [0.29, 0.717) is 5.75 Å². The van der Waals surface area contributed by atoms with Crippen molar-refractivity contribution in [2.45, 2.75) is 76.0 Å². The maximum Gasteiger partial charge on any atom is 1.00 e. The van der Waals surface area contributed by atoms with Crippen LogP contribution < -0.4 is 39.4 Å². The van der Waals surface area contributed by atoms with Crippen molar-refractivity contribution in [3.63, 3.8) is 0 Å². The third kappa shape index (κ3) is 9.84. The van der Waals surface area contributed by atoms with Crippen molar-refractivity contribution in [2.75, 3.05) is 0 Å². The molecule has 0 heterocycles. The van der Waals surface area contributed by atoms with Gasteiger partial charge in [-0.15, -0.1) is 0 Å². The van der Waals surface area contributed by atoms with Crippen LogP contribution in [0, 0.1) is 0 Å². The van der Waals surface area contributed by atoms with Crippen molar-refractivity contribution >= 4 is 10.1 Å². The quantitative estimate of drug-likeness (QED) is 0.293. The van der Waals surface area contributed by atoms with Crippen LogP contribution in [0.4, 0.5) is 0 Å². The average molecular weight is 443 g/mol. The van der Waals surface area contributed by atoms with Gasteiger partial charge in [-0.05, 0) is 48.7 Å². The Morgan fingerprint density at radius 3 is 1.97 bits per heavy atom. The molecule has 0 unspecified atom stereocenters. The summed E-state index contributed by atoms with van der Waals surface area (Å²) in [6.45, 7) is 2.24. The molecule has 0 radical (unpaired) electrons. The first kappa shape index (κ1) is 27.0. The van der Waals surface area contributed by atoms with Crippen molar-refractivity contribution in [3.05, 3.63) is 48.0 Å². The number of aryl methyl sites for hydroxylation is 1.